The van der Waals surface area contributed by atoms with Gasteiger partial charge in [0, 0.05) is 5.02 Å². The van der Waals surface area contributed by atoms with Crippen LogP contribution >= 0.6 is 11.6 Å². The number of allylic oxidation sites excluding steroid dienone is 1. The number of hydrogen-bond donors (Lipinski definition) is 1. The zero-order valence-electron chi connectivity index (χ0n) is 12.8. The lowest BCUT2D eigenvalue weighted by Gasteiger charge is -2.04. The molecule has 1 aliphatic carbocycles. The van der Waals surface area contributed by atoms with Gasteiger partial charge in [0.1, 0.15) is 11.6 Å². The number of carbonyl (C=O) groups excluding carboxylic acids is 1. The Labute approximate surface area is 145 Å². The van der Waals surface area contributed by atoms with Crippen LogP contribution in [0, 0.1) is 11.3 Å². The van der Waals surface area contributed by atoms with Crippen LogP contribution in [0.15, 0.2) is 59.2 Å². The van der Waals surface area contributed by atoms with Crippen molar-refractivity contribution in [2.75, 3.05) is 0 Å². The van der Waals surface area contributed by atoms with Gasteiger partial charge in [0.15, 0.2) is 0 Å². The van der Waals surface area contributed by atoms with Gasteiger partial charge in [0.25, 0.3) is 5.91 Å². The second-order valence-electron chi connectivity index (χ2n) is 5.37. The number of aryl methyl sites for hydroxylation is 1. The molecule has 3 rings (SSSR count). The van der Waals surface area contributed by atoms with E-state index >= 15 is 0 Å². The summed E-state index contributed by atoms with van der Waals surface area (Å²) in [5, 5.41) is 13.9. The van der Waals surface area contributed by atoms with Crippen molar-refractivity contribution in [1.29, 1.82) is 5.26 Å². The van der Waals surface area contributed by atoms with E-state index in [0.717, 1.165) is 28.7 Å². The molecule has 2 aromatic rings. The summed E-state index contributed by atoms with van der Waals surface area (Å²) >= 11 is 5.81. The molecule has 0 aromatic heterocycles. The van der Waals surface area contributed by atoms with Crippen LogP contribution in [0.5, 0.6) is 0 Å². The molecule has 1 N–H and O–H groups in total. The smallest absolute Gasteiger partial charge is 0.267 e. The molecule has 5 heteroatoms. The van der Waals surface area contributed by atoms with Crippen LogP contribution in [0.4, 0.5) is 0 Å². The minimum absolute atomic E-state index is 0.119. The average molecular weight is 336 g/mol. The molecule has 24 heavy (non-hydrogen) atoms. The van der Waals surface area contributed by atoms with Gasteiger partial charge >= 0.3 is 0 Å². The van der Waals surface area contributed by atoms with Crippen molar-refractivity contribution in [1.82, 2.24) is 5.43 Å². The fourth-order valence-electron chi connectivity index (χ4n) is 2.71. The van der Waals surface area contributed by atoms with Crippen LogP contribution in [0.1, 0.15) is 23.1 Å². The monoisotopic (exact) mass is 335 g/mol. The molecule has 1 aliphatic rings. The quantitative estimate of drug-likeness (QED) is 0.402. The minimum atomic E-state index is -0.491. The topological polar surface area (TPSA) is 65.2 Å². The Hall–Kier alpha value is -2.90. The number of carbonyl (C=O) groups is 1. The zero-order chi connectivity index (χ0) is 16.9. The molecule has 0 heterocycles. The Morgan fingerprint density at radius 3 is 2.67 bits per heavy atom. The number of hydrogen-bond acceptors (Lipinski definition) is 3. The summed E-state index contributed by atoms with van der Waals surface area (Å²) in [7, 11) is 0. The minimum Gasteiger partial charge on any atom is -0.267 e. The maximum absolute atomic E-state index is 12.3. The van der Waals surface area contributed by atoms with Crippen LogP contribution in [0.25, 0.3) is 5.57 Å². The number of hydrazone groups is 1. The number of fused-ring (bicyclic) bond motifs is 1. The van der Waals surface area contributed by atoms with E-state index in [-0.39, 0.29) is 5.57 Å². The third kappa shape index (κ3) is 3.37. The summed E-state index contributed by atoms with van der Waals surface area (Å²) in [6.07, 6.45) is 3.05. The molecule has 0 saturated heterocycles. The highest BCUT2D eigenvalue weighted by atomic mass is 35.5. The number of nitriles is 1. The highest BCUT2D eigenvalue weighted by molar-refractivity contribution is 6.30. The molecule has 0 atom stereocenters. The van der Waals surface area contributed by atoms with Gasteiger partial charge in [-0.15, -0.1) is 0 Å². The fourth-order valence-corrected chi connectivity index (χ4v) is 2.84. The molecule has 0 spiro atoms. The van der Waals surface area contributed by atoms with E-state index < -0.39 is 5.91 Å². The van der Waals surface area contributed by atoms with Gasteiger partial charge in [-0.2, -0.15) is 10.4 Å². The third-order valence-electron chi connectivity index (χ3n) is 3.88. The van der Waals surface area contributed by atoms with Crippen LogP contribution in [-0.2, 0) is 11.2 Å². The van der Waals surface area contributed by atoms with Gasteiger partial charge in [-0.05, 0) is 47.2 Å². The lowest BCUT2D eigenvalue weighted by Crippen LogP contribution is -2.20. The normalized spacial score (nSPS) is 15.0. The Morgan fingerprint density at radius 1 is 1.17 bits per heavy atom. The molecule has 118 valence electrons. The molecule has 0 radical (unpaired) electrons. The number of nitrogens with zero attached hydrogens (tertiary/aromatic N) is 2. The van der Waals surface area contributed by atoms with Gasteiger partial charge in [-0.1, -0.05) is 48.0 Å². The highest BCUT2D eigenvalue weighted by Crippen LogP contribution is 2.34. The first-order chi connectivity index (χ1) is 11.7. The lowest BCUT2D eigenvalue weighted by molar-refractivity contribution is -0.117. The predicted molar refractivity (Wildman–Crippen MR) is 94.5 cm³/mol. The molecule has 0 aliphatic heterocycles. The second-order valence-corrected chi connectivity index (χ2v) is 5.81. The Morgan fingerprint density at radius 2 is 1.92 bits per heavy atom. The molecule has 0 saturated carbocycles. The number of rotatable bonds is 3. The Bertz CT molecular complexity index is 876. The van der Waals surface area contributed by atoms with Gasteiger partial charge in [-0.3, -0.25) is 4.79 Å². The van der Waals surface area contributed by atoms with Gasteiger partial charge < -0.3 is 0 Å². The standard InChI is InChI=1S/C19H14ClN3O/c20-15-8-5-13(6-9-15)12-22-23-19(24)18(11-21)17-10-7-14-3-1-2-4-16(14)17/h1-6,8-9,12H,7,10H2,(H,23,24). The van der Waals surface area contributed by atoms with Crippen molar-refractivity contribution in [2.24, 2.45) is 5.10 Å². The number of nitrogens with one attached hydrogen (secondary N) is 1. The van der Waals surface area contributed by atoms with E-state index in [9.17, 15) is 10.1 Å². The molecular weight excluding hydrogens is 322 g/mol. The summed E-state index contributed by atoms with van der Waals surface area (Å²) in [6, 6.07) is 16.9. The Balaban J connectivity index is 1.77. The van der Waals surface area contributed by atoms with Crippen LogP contribution in [-0.4, -0.2) is 12.1 Å². The van der Waals surface area contributed by atoms with Crippen molar-refractivity contribution < 1.29 is 4.79 Å². The summed E-state index contributed by atoms with van der Waals surface area (Å²) in [5.74, 6) is -0.491. The number of benzene rings is 2. The maximum atomic E-state index is 12.3. The first-order valence-electron chi connectivity index (χ1n) is 7.49. The molecule has 0 unspecified atom stereocenters. The van der Waals surface area contributed by atoms with E-state index in [1.165, 1.54) is 6.21 Å². The number of amides is 1. The first kappa shape index (κ1) is 16.0. The fraction of sp³-hybridized carbons (Fsp3) is 0.105. The van der Waals surface area contributed by atoms with Crippen molar-refractivity contribution in [3.05, 3.63) is 75.8 Å². The van der Waals surface area contributed by atoms with Crippen molar-refractivity contribution in [3.63, 3.8) is 0 Å². The summed E-state index contributed by atoms with van der Waals surface area (Å²) in [6.45, 7) is 0. The molecule has 0 bridgehead atoms. The summed E-state index contributed by atoms with van der Waals surface area (Å²) in [5.41, 5.74) is 6.27. The van der Waals surface area contributed by atoms with Crippen LogP contribution in [0.2, 0.25) is 5.02 Å². The molecular formula is C19H14ClN3O. The van der Waals surface area contributed by atoms with Gasteiger partial charge in [0.05, 0.1) is 6.21 Å². The first-order valence-corrected chi connectivity index (χ1v) is 7.87. The van der Waals surface area contributed by atoms with Crippen LogP contribution in [0.3, 0.4) is 0 Å². The van der Waals surface area contributed by atoms with E-state index in [1.54, 1.807) is 24.3 Å². The largest absolute Gasteiger partial charge is 0.282 e. The van der Waals surface area contributed by atoms with Gasteiger partial charge in [-0.25, -0.2) is 5.43 Å². The summed E-state index contributed by atoms with van der Waals surface area (Å²) in [4.78, 5) is 12.3. The highest BCUT2D eigenvalue weighted by Gasteiger charge is 2.22. The van der Waals surface area contributed by atoms with Crippen molar-refractivity contribution in [2.45, 2.75) is 12.8 Å². The lowest BCUT2D eigenvalue weighted by atomic mass is 10.0. The SMILES string of the molecule is N#CC(C(=O)NN=Cc1ccc(Cl)cc1)=C1CCc2ccccc21. The van der Waals surface area contributed by atoms with Crippen LogP contribution < -0.4 is 5.43 Å². The zero-order valence-corrected chi connectivity index (χ0v) is 13.5. The average Bonchev–Trinajstić information content (AvgIpc) is 3.02. The van der Waals surface area contributed by atoms with E-state index in [0.29, 0.717) is 11.4 Å². The third-order valence-corrected chi connectivity index (χ3v) is 4.13. The van der Waals surface area contributed by atoms with Crippen molar-refractivity contribution in [3.8, 4) is 6.07 Å². The Kier molecular flexibility index (Phi) is 4.74. The maximum Gasteiger partial charge on any atom is 0.282 e. The number of halogens is 1. The predicted octanol–water partition coefficient (Wildman–Crippen LogP) is 3.71. The van der Waals surface area contributed by atoms with Gasteiger partial charge in [0.2, 0.25) is 0 Å². The van der Waals surface area contributed by atoms with E-state index in [4.69, 9.17) is 11.6 Å². The molecule has 4 nitrogen and oxygen atoms in total. The van der Waals surface area contributed by atoms with Crippen molar-refractivity contribution >= 4 is 29.3 Å². The molecule has 2 aromatic carbocycles. The summed E-state index contributed by atoms with van der Waals surface area (Å²) < 4.78 is 0. The van der Waals surface area contributed by atoms with E-state index in [1.807, 2.05) is 30.3 Å². The second kappa shape index (κ2) is 7.12. The van der Waals surface area contributed by atoms with E-state index in [2.05, 4.69) is 10.5 Å². The molecule has 0 fully saturated rings. The molecule has 1 amide bonds.